The molecule has 0 unspecified atom stereocenters. The normalized spacial score (nSPS) is 15.4. The highest BCUT2D eigenvalue weighted by Gasteiger charge is 2.19. The van der Waals surface area contributed by atoms with Gasteiger partial charge >= 0.3 is 0 Å². The molecule has 0 N–H and O–H groups in total. The SMILES string of the molecule is COc1ccc(C(C)=O)cc1CN(C)CC1CCC1. The lowest BCUT2D eigenvalue weighted by Crippen LogP contribution is -2.29. The summed E-state index contributed by atoms with van der Waals surface area (Å²) in [7, 11) is 3.82. The van der Waals surface area contributed by atoms with Crippen LogP contribution in [0.3, 0.4) is 0 Å². The van der Waals surface area contributed by atoms with E-state index in [2.05, 4.69) is 11.9 Å². The Morgan fingerprint density at radius 1 is 1.42 bits per heavy atom. The van der Waals surface area contributed by atoms with E-state index in [1.54, 1.807) is 14.0 Å². The third-order valence-electron chi connectivity index (χ3n) is 3.92. The maximum Gasteiger partial charge on any atom is 0.159 e. The van der Waals surface area contributed by atoms with Crippen LogP contribution in [-0.4, -0.2) is 31.4 Å². The summed E-state index contributed by atoms with van der Waals surface area (Å²) in [5, 5.41) is 0. The van der Waals surface area contributed by atoms with Crippen LogP contribution < -0.4 is 4.74 Å². The molecule has 1 saturated carbocycles. The molecule has 0 heterocycles. The molecular formula is C16H23NO2. The lowest BCUT2D eigenvalue weighted by molar-refractivity contribution is 0.101. The molecule has 0 aromatic heterocycles. The van der Waals surface area contributed by atoms with Crippen molar-refractivity contribution in [3.05, 3.63) is 29.3 Å². The number of carbonyl (C=O) groups is 1. The second-order valence-corrected chi connectivity index (χ2v) is 5.58. The summed E-state index contributed by atoms with van der Waals surface area (Å²) >= 11 is 0. The Balaban J connectivity index is 2.07. The van der Waals surface area contributed by atoms with Gasteiger partial charge in [0.15, 0.2) is 5.78 Å². The molecule has 1 fully saturated rings. The molecule has 3 nitrogen and oxygen atoms in total. The van der Waals surface area contributed by atoms with Crippen molar-refractivity contribution in [1.29, 1.82) is 0 Å². The summed E-state index contributed by atoms with van der Waals surface area (Å²) in [6, 6.07) is 5.68. The maximum atomic E-state index is 11.5. The molecule has 1 aliphatic rings. The molecule has 0 bridgehead atoms. The molecule has 1 aromatic carbocycles. The van der Waals surface area contributed by atoms with Crippen molar-refractivity contribution in [3.63, 3.8) is 0 Å². The van der Waals surface area contributed by atoms with Crippen LogP contribution in [0.2, 0.25) is 0 Å². The lowest BCUT2D eigenvalue weighted by Gasteiger charge is -2.30. The molecule has 0 saturated heterocycles. The molecule has 19 heavy (non-hydrogen) atoms. The van der Waals surface area contributed by atoms with Crippen molar-refractivity contribution < 1.29 is 9.53 Å². The number of hydrogen-bond acceptors (Lipinski definition) is 3. The summed E-state index contributed by atoms with van der Waals surface area (Å²) in [6.07, 6.45) is 4.09. The molecule has 3 heteroatoms. The Labute approximate surface area is 115 Å². The predicted molar refractivity (Wildman–Crippen MR) is 76.7 cm³/mol. The number of nitrogens with zero attached hydrogens (tertiary/aromatic N) is 1. The molecule has 0 aliphatic heterocycles. The summed E-state index contributed by atoms with van der Waals surface area (Å²) < 4.78 is 5.39. The molecule has 0 atom stereocenters. The first-order valence-corrected chi connectivity index (χ1v) is 6.96. The van der Waals surface area contributed by atoms with Crippen molar-refractivity contribution >= 4 is 5.78 Å². The smallest absolute Gasteiger partial charge is 0.159 e. The summed E-state index contributed by atoms with van der Waals surface area (Å²) in [5.41, 5.74) is 1.85. The minimum absolute atomic E-state index is 0.102. The average Bonchev–Trinajstić information content (AvgIpc) is 2.33. The zero-order valence-corrected chi connectivity index (χ0v) is 12.1. The zero-order valence-electron chi connectivity index (χ0n) is 12.1. The van der Waals surface area contributed by atoms with Gasteiger partial charge < -0.3 is 9.64 Å². The van der Waals surface area contributed by atoms with E-state index in [1.807, 2.05) is 18.2 Å². The van der Waals surface area contributed by atoms with Crippen LogP contribution >= 0.6 is 0 Å². The highest BCUT2D eigenvalue weighted by Crippen LogP contribution is 2.28. The first-order chi connectivity index (χ1) is 9.10. The van der Waals surface area contributed by atoms with Gasteiger partial charge in [-0.1, -0.05) is 6.42 Å². The Kier molecular flexibility index (Phi) is 4.59. The highest BCUT2D eigenvalue weighted by atomic mass is 16.5. The second-order valence-electron chi connectivity index (χ2n) is 5.58. The second kappa shape index (κ2) is 6.20. The van der Waals surface area contributed by atoms with E-state index in [9.17, 15) is 4.79 Å². The number of Topliss-reactive ketones (excluding diaryl/α,β-unsaturated/α-hetero) is 1. The van der Waals surface area contributed by atoms with Gasteiger partial charge in [-0.15, -0.1) is 0 Å². The van der Waals surface area contributed by atoms with Gasteiger partial charge in [0.2, 0.25) is 0 Å². The Bertz CT molecular complexity index is 452. The molecule has 2 rings (SSSR count). The van der Waals surface area contributed by atoms with Gasteiger partial charge in [-0.2, -0.15) is 0 Å². The van der Waals surface area contributed by atoms with Crippen LogP contribution in [-0.2, 0) is 6.54 Å². The first kappa shape index (κ1) is 14.1. The van der Waals surface area contributed by atoms with Crippen molar-refractivity contribution in [2.24, 2.45) is 5.92 Å². The van der Waals surface area contributed by atoms with Crippen molar-refractivity contribution in [2.75, 3.05) is 20.7 Å². The fraction of sp³-hybridized carbons (Fsp3) is 0.562. The van der Waals surface area contributed by atoms with E-state index < -0.39 is 0 Å². The van der Waals surface area contributed by atoms with E-state index in [0.717, 1.165) is 35.9 Å². The van der Waals surface area contributed by atoms with Gasteiger partial charge in [0.25, 0.3) is 0 Å². The molecule has 1 aliphatic carbocycles. The molecule has 104 valence electrons. The van der Waals surface area contributed by atoms with Gasteiger partial charge in [0, 0.05) is 24.2 Å². The van der Waals surface area contributed by atoms with Gasteiger partial charge in [-0.25, -0.2) is 0 Å². The van der Waals surface area contributed by atoms with Crippen molar-refractivity contribution in [3.8, 4) is 5.75 Å². The van der Waals surface area contributed by atoms with Crippen LogP contribution in [0, 0.1) is 5.92 Å². The van der Waals surface area contributed by atoms with Crippen LogP contribution in [0.4, 0.5) is 0 Å². The standard InChI is InChI=1S/C16H23NO2/c1-12(18)14-7-8-16(19-3)15(9-14)11-17(2)10-13-5-4-6-13/h7-9,13H,4-6,10-11H2,1-3H3. The average molecular weight is 261 g/mol. The molecule has 1 aromatic rings. The van der Waals surface area contributed by atoms with Gasteiger partial charge in [0.05, 0.1) is 7.11 Å². The van der Waals surface area contributed by atoms with Crippen molar-refractivity contribution in [1.82, 2.24) is 4.90 Å². The largest absolute Gasteiger partial charge is 0.496 e. The van der Waals surface area contributed by atoms with E-state index in [0.29, 0.717) is 0 Å². The Morgan fingerprint density at radius 2 is 2.16 bits per heavy atom. The minimum atomic E-state index is 0.102. The zero-order chi connectivity index (χ0) is 13.8. The fourth-order valence-electron chi connectivity index (χ4n) is 2.59. The van der Waals surface area contributed by atoms with Gasteiger partial charge in [0.1, 0.15) is 5.75 Å². The third kappa shape index (κ3) is 3.57. The topological polar surface area (TPSA) is 29.5 Å². The van der Waals surface area contributed by atoms with Crippen molar-refractivity contribution in [2.45, 2.75) is 32.7 Å². The molecule has 0 radical (unpaired) electrons. The van der Waals surface area contributed by atoms with Gasteiger partial charge in [-0.05, 0) is 50.9 Å². The third-order valence-corrected chi connectivity index (χ3v) is 3.92. The number of rotatable bonds is 6. The Morgan fingerprint density at radius 3 is 2.68 bits per heavy atom. The highest BCUT2D eigenvalue weighted by molar-refractivity contribution is 5.94. The van der Waals surface area contributed by atoms with E-state index in [-0.39, 0.29) is 5.78 Å². The monoisotopic (exact) mass is 261 g/mol. The maximum absolute atomic E-state index is 11.5. The lowest BCUT2D eigenvalue weighted by atomic mass is 9.85. The number of methoxy groups -OCH3 is 1. The van der Waals surface area contributed by atoms with Crippen LogP contribution in [0.25, 0.3) is 0 Å². The molecule has 0 spiro atoms. The van der Waals surface area contributed by atoms with Crippen LogP contribution in [0.5, 0.6) is 5.75 Å². The predicted octanol–water partition coefficient (Wildman–Crippen LogP) is 3.13. The van der Waals surface area contributed by atoms with E-state index in [1.165, 1.54) is 19.3 Å². The molecular weight excluding hydrogens is 238 g/mol. The van der Waals surface area contributed by atoms with Gasteiger partial charge in [-0.3, -0.25) is 4.79 Å². The number of hydrogen-bond donors (Lipinski definition) is 0. The number of benzene rings is 1. The number of ketones is 1. The minimum Gasteiger partial charge on any atom is -0.496 e. The summed E-state index contributed by atoms with van der Waals surface area (Å²) in [5.74, 6) is 1.82. The summed E-state index contributed by atoms with van der Waals surface area (Å²) in [6.45, 7) is 3.57. The van der Waals surface area contributed by atoms with Crippen LogP contribution in [0.1, 0.15) is 42.1 Å². The van der Waals surface area contributed by atoms with E-state index >= 15 is 0 Å². The first-order valence-electron chi connectivity index (χ1n) is 6.96. The quantitative estimate of drug-likeness (QED) is 0.737. The van der Waals surface area contributed by atoms with Crippen LogP contribution in [0.15, 0.2) is 18.2 Å². The summed E-state index contributed by atoms with van der Waals surface area (Å²) in [4.78, 5) is 13.8. The fourth-order valence-corrected chi connectivity index (χ4v) is 2.59. The number of ether oxygens (including phenoxy) is 1. The Hall–Kier alpha value is -1.35. The number of carbonyl (C=O) groups excluding carboxylic acids is 1. The molecule has 0 amide bonds. The van der Waals surface area contributed by atoms with E-state index in [4.69, 9.17) is 4.74 Å².